The Kier molecular flexibility index (Phi) is 4.85. The zero-order valence-electron chi connectivity index (χ0n) is 9.33. The summed E-state index contributed by atoms with van der Waals surface area (Å²) in [5, 5.41) is 0.693. The van der Waals surface area contributed by atoms with Crippen LogP contribution < -0.4 is 5.73 Å². The molecular weight excluding hydrogens is 210 g/mol. The van der Waals surface area contributed by atoms with Crippen LogP contribution in [0.4, 0.5) is 5.82 Å². The third-order valence-electron chi connectivity index (χ3n) is 2.30. The Hall–Kier alpha value is -0.800. The van der Waals surface area contributed by atoms with E-state index in [9.17, 15) is 0 Å². The molecule has 1 aromatic rings. The minimum absolute atomic E-state index is 0.530. The Balaban J connectivity index is 2.73. The van der Waals surface area contributed by atoms with Gasteiger partial charge in [0.05, 0.1) is 10.7 Å². The molecule has 0 saturated carbocycles. The molecule has 4 heteroatoms. The smallest absolute Gasteiger partial charge is 0.123 e. The van der Waals surface area contributed by atoms with E-state index in [4.69, 9.17) is 17.3 Å². The number of hydrogen-bond donors (Lipinski definition) is 1. The first-order chi connectivity index (χ1) is 7.17. The number of halogens is 1. The predicted molar refractivity (Wildman–Crippen MR) is 64.9 cm³/mol. The summed E-state index contributed by atoms with van der Waals surface area (Å²) in [4.78, 5) is 6.55. The van der Waals surface area contributed by atoms with E-state index in [0.717, 1.165) is 31.7 Å². The van der Waals surface area contributed by atoms with Crippen molar-refractivity contribution in [1.29, 1.82) is 0 Å². The van der Waals surface area contributed by atoms with Crippen molar-refractivity contribution in [1.82, 2.24) is 9.88 Å². The van der Waals surface area contributed by atoms with E-state index < -0.39 is 0 Å². The quantitative estimate of drug-likeness (QED) is 0.841. The van der Waals surface area contributed by atoms with Gasteiger partial charge in [-0.2, -0.15) is 0 Å². The molecule has 15 heavy (non-hydrogen) atoms. The van der Waals surface area contributed by atoms with E-state index >= 15 is 0 Å². The molecule has 0 aliphatic rings. The normalized spacial score (nSPS) is 10.9. The highest BCUT2D eigenvalue weighted by molar-refractivity contribution is 6.31. The molecule has 0 unspecified atom stereocenters. The van der Waals surface area contributed by atoms with Crippen molar-refractivity contribution in [2.24, 2.45) is 0 Å². The molecule has 0 atom stereocenters. The molecule has 0 amide bonds. The van der Waals surface area contributed by atoms with Crippen LogP contribution in [0.1, 0.15) is 26.0 Å². The Bertz CT molecular complexity index is 315. The molecule has 2 N–H and O–H groups in total. The summed E-state index contributed by atoms with van der Waals surface area (Å²) in [6, 6.07) is 3.53. The highest BCUT2D eigenvalue weighted by Crippen LogP contribution is 2.17. The number of nitrogens with two attached hydrogens (primary N) is 1. The van der Waals surface area contributed by atoms with Gasteiger partial charge in [0.15, 0.2) is 0 Å². The van der Waals surface area contributed by atoms with Gasteiger partial charge in [0, 0.05) is 6.54 Å². The fourth-order valence-corrected chi connectivity index (χ4v) is 1.65. The summed E-state index contributed by atoms with van der Waals surface area (Å²) in [5.41, 5.74) is 6.50. The molecule has 3 nitrogen and oxygen atoms in total. The minimum Gasteiger partial charge on any atom is -0.384 e. The van der Waals surface area contributed by atoms with Crippen molar-refractivity contribution in [2.45, 2.75) is 26.8 Å². The lowest BCUT2D eigenvalue weighted by atomic mass is 10.3. The second kappa shape index (κ2) is 5.93. The van der Waals surface area contributed by atoms with Gasteiger partial charge in [-0.25, -0.2) is 4.98 Å². The van der Waals surface area contributed by atoms with Gasteiger partial charge in [0.1, 0.15) is 5.82 Å². The number of nitrogens with zero attached hydrogens (tertiary/aromatic N) is 2. The maximum atomic E-state index is 6.05. The summed E-state index contributed by atoms with van der Waals surface area (Å²) >= 11 is 6.05. The summed E-state index contributed by atoms with van der Waals surface area (Å²) in [6.07, 6.45) is 1.13. The number of hydrogen-bond acceptors (Lipinski definition) is 3. The van der Waals surface area contributed by atoms with Gasteiger partial charge in [-0.15, -0.1) is 0 Å². The van der Waals surface area contributed by atoms with Crippen molar-refractivity contribution in [2.75, 3.05) is 18.8 Å². The molecule has 1 heterocycles. The van der Waals surface area contributed by atoms with Crippen LogP contribution in [-0.4, -0.2) is 23.0 Å². The van der Waals surface area contributed by atoms with Gasteiger partial charge in [-0.05, 0) is 31.6 Å². The lowest BCUT2D eigenvalue weighted by Crippen LogP contribution is -2.24. The van der Waals surface area contributed by atoms with Crippen molar-refractivity contribution < 1.29 is 0 Å². The van der Waals surface area contributed by atoms with Crippen LogP contribution in [0.5, 0.6) is 0 Å². The molecule has 1 aromatic heterocycles. The van der Waals surface area contributed by atoms with Crippen molar-refractivity contribution in [3.05, 3.63) is 22.8 Å². The third kappa shape index (κ3) is 3.68. The Labute approximate surface area is 96.2 Å². The average molecular weight is 228 g/mol. The van der Waals surface area contributed by atoms with E-state index in [2.05, 4.69) is 23.7 Å². The van der Waals surface area contributed by atoms with Crippen LogP contribution in [0.15, 0.2) is 12.1 Å². The molecule has 0 aromatic carbocycles. The van der Waals surface area contributed by atoms with Crippen molar-refractivity contribution in [3.63, 3.8) is 0 Å². The molecule has 0 saturated heterocycles. The fraction of sp³-hybridized carbons (Fsp3) is 0.545. The Morgan fingerprint density at radius 3 is 2.73 bits per heavy atom. The summed E-state index contributed by atoms with van der Waals surface area (Å²) in [7, 11) is 0. The number of nitrogen functional groups attached to an aromatic ring is 1. The predicted octanol–water partition coefficient (Wildman–Crippen LogP) is 2.55. The SMILES string of the molecule is CCCN(CC)Cc1nc(N)ccc1Cl. The number of rotatable bonds is 5. The van der Waals surface area contributed by atoms with E-state index in [-0.39, 0.29) is 0 Å². The second-order valence-corrected chi connectivity index (χ2v) is 3.94. The first-order valence-electron chi connectivity index (χ1n) is 5.30. The Morgan fingerprint density at radius 2 is 2.13 bits per heavy atom. The first-order valence-corrected chi connectivity index (χ1v) is 5.68. The summed E-state index contributed by atoms with van der Waals surface area (Å²) in [6.45, 7) is 7.13. The van der Waals surface area contributed by atoms with Crippen LogP contribution in [0.25, 0.3) is 0 Å². The van der Waals surface area contributed by atoms with Gasteiger partial charge >= 0.3 is 0 Å². The standard InChI is InChI=1S/C11H18ClN3/c1-3-7-15(4-2)8-10-9(12)5-6-11(13)14-10/h5-6H,3-4,7-8H2,1-2H3,(H2,13,14). The zero-order valence-corrected chi connectivity index (χ0v) is 10.1. The lowest BCUT2D eigenvalue weighted by molar-refractivity contribution is 0.277. The molecule has 0 aliphatic heterocycles. The second-order valence-electron chi connectivity index (χ2n) is 3.53. The molecule has 0 bridgehead atoms. The summed E-state index contributed by atoms with van der Waals surface area (Å²) < 4.78 is 0. The van der Waals surface area contributed by atoms with E-state index in [1.807, 2.05) is 0 Å². The highest BCUT2D eigenvalue weighted by Gasteiger charge is 2.07. The average Bonchev–Trinajstić information content (AvgIpc) is 2.22. The molecule has 0 aliphatic carbocycles. The van der Waals surface area contributed by atoms with E-state index in [0.29, 0.717) is 10.8 Å². The topological polar surface area (TPSA) is 42.2 Å². The zero-order chi connectivity index (χ0) is 11.3. The van der Waals surface area contributed by atoms with Gasteiger partial charge in [0.25, 0.3) is 0 Å². The molecule has 0 fully saturated rings. The monoisotopic (exact) mass is 227 g/mol. The van der Waals surface area contributed by atoms with Gasteiger partial charge in [-0.1, -0.05) is 25.4 Å². The van der Waals surface area contributed by atoms with Gasteiger partial charge in [-0.3, -0.25) is 4.90 Å². The van der Waals surface area contributed by atoms with Crippen LogP contribution in [0.3, 0.4) is 0 Å². The lowest BCUT2D eigenvalue weighted by Gasteiger charge is -2.19. The molecular formula is C11H18ClN3. The largest absolute Gasteiger partial charge is 0.384 e. The highest BCUT2D eigenvalue weighted by atomic mass is 35.5. The number of pyridine rings is 1. The number of aromatic nitrogens is 1. The summed E-state index contributed by atoms with van der Waals surface area (Å²) in [5.74, 6) is 0.530. The maximum absolute atomic E-state index is 6.05. The third-order valence-corrected chi connectivity index (χ3v) is 2.64. The van der Waals surface area contributed by atoms with Crippen LogP contribution in [-0.2, 0) is 6.54 Å². The fourth-order valence-electron chi connectivity index (χ4n) is 1.49. The van der Waals surface area contributed by atoms with Crippen LogP contribution in [0, 0.1) is 0 Å². The maximum Gasteiger partial charge on any atom is 0.123 e. The number of anilines is 1. The van der Waals surface area contributed by atoms with Crippen LogP contribution >= 0.6 is 11.6 Å². The van der Waals surface area contributed by atoms with E-state index in [1.165, 1.54) is 0 Å². The van der Waals surface area contributed by atoms with Gasteiger partial charge in [0.2, 0.25) is 0 Å². The van der Waals surface area contributed by atoms with E-state index in [1.54, 1.807) is 12.1 Å². The molecule has 84 valence electrons. The van der Waals surface area contributed by atoms with Crippen molar-refractivity contribution >= 4 is 17.4 Å². The molecule has 1 rings (SSSR count). The molecule has 0 radical (unpaired) electrons. The van der Waals surface area contributed by atoms with Crippen molar-refractivity contribution in [3.8, 4) is 0 Å². The molecule has 0 spiro atoms. The van der Waals surface area contributed by atoms with Crippen LogP contribution in [0.2, 0.25) is 5.02 Å². The van der Waals surface area contributed by atoms with Gasteiger partial charge < -0.3 is 5.73 Å². The minimum atomic E-state index is 0.530. The Morgan fingerprint density at radius 1 is 1.40 bits per heavy atom. The first kappa shape index (κ1) is 12.3.